The monoisotopic (exact) mass is 421 g/mol. The Bertz CT molecular complexity index is 1350. The Balaban J connectivity index is 1.45. The number of carbonyl (C=O) groups is 1. The first-order valence-electron chi connectivity index (χ1n) is 10.0. The van der Waals surface area contributed by atoms with E-state index in [0.29, 0.717) is 10.7 Å². The second-order valence-electron chi connectivity index (χ2n) is 7.12. The second kappa shape index (κ2) is 8.58. The fourth-order valence-electron chi connectivity index (χ4n) is 3.52. The maximum Gasteiger partial charge on any atom is 0.196 e. The van der Waals surface area contributed by atoms with E-state index < -0.39 is 0 Å². The molecule has 0 saturated carbocycles. The van der Waals surface area contributed by atoms with Gasteiger partial charge >= 0.3 is 0 Å². The molecule has 1 heterocycles. The highest BCUT2D eigenvalue weighted by atomic mass is 32.2. The van der Waals surface area contributed by atoms with Crippen molar-refractivity contribution in [1.29, 1.82) is 0 Å². The zero-order valence-corrected chi connectivity index (χ0v) is 17.5. The van der Waals surface area contributed by atoms with E-state index in [2.05, 4.69) is 10.2 Å². The summed E-state index contributed by atoms with van der Waals surface area (Å²) in [5, 5.41) is 11.7. The predicted molar refractivity (Wildman–Crippen MR) is 126 cm³/mol. The number of para-hydroxylation sites is 1. The molecule has 4 nitrogen and oxygen atoms in total. The Morgan fingerprint density at radius 2 is 1.42 bits per heavy atom. The summed E-state index contributed by atoms with van der Waals surface area (Å²) in [5.74, 6) is 1.12. The van der Waals surface area contributed by atoms with E-state index in [9.17, 15) is 4.79 Å². The van der Waals surface area contributed by atoms with Gasteiger partial charge in [-0.2, -0.15) is 0 Å². The average molecular weight is 422 g/mol. The molecule has 5 aromatic rings. The van der Waals surface area contributed by atoms with Crippen LogP contribution in [0.25, 0.3) is 27.8 Å². The molecule has 0 aliphatic rings. The highest BCUT2D eigenvalue weighted by Crippen LogP contribution is 2.28. The number of nitrogens with zero attached hydrogens (tertiary/aromatic N) is 3. The average Bonchev–Trinajstić information content (AvgIpc) is 3.27. The molecular formula is C26H19N3OS. The summed E-state index contributed by atoms with van der Waals surface area (Å²) in [7, 11) is 0. The van der Waals surface area contributed by atoms with Gasteiger partial charge in [-0.05, 0) is 29.0 Å². The van der Waals surface area contributed by atoms with Crippen molar-refractivity contribution in [3.63, 3.8) is 0 Å². The largest absolute Gasteiger partial charge is 0.293 e. The van der Waals surface area contributed by atoms with Crippen molar-refractivity contribution in [3.05, 3.63) is 109 Å². The molecule has 1 aromatic heterocycles. The van der Waals surface area contributed by atoms with E-state index in [1.54, 1.807) is 0 Å². The minimum absolute atomic E-state index is 0.0691. The van der Waals surface area contributed by atoms with Gasteiger partial charge in [-0.15, -0.1) is 10.2 Å². The van der Waals surface area contributed by atoms with E-state index in [4.69, 9.17) is 0 Å². The van der Waals surface area contributed by atoms with Crippen molar-refractivity contribution in [3.8, 4) is 17.1 Å². The molecule has 150 valence electrons. The lowest BCUT2D eigenvalue weighted by atomic mass is 10.1. The third-order valence-corrected chi connectivity index (χ3v) is 6.01. The molecule has 0 radical (unpaired) electrons. The molecule has 4 aromatic carbocycles. The lowest BCUT2D eigenvalue weighted by molar-refractivity contribution is 0.102. The van der Waals surface area contributed by atoms with Gasteiger partial charge in [0.25, 0.3) is 0 Å². The molecule has 0 atom stereocenters. The Morgan fingerprint density at radius 1 is 0.742 bits per heavy atom. The molecule has 0 unspecified atom stereocenters. The van der Waals surface area contributed by atoms with Gasteiger partial charge in [-0.25, -0.2) is 0 Å². The normalized spacial score (nSPS) is 11.0. The van der Waals surface area contributed by atoms with Gasteiger partial charge in [0.05, 0.1) is 5.75 Å². The first-order valence-corrected chi connectivity index (χ1v) is 11.0. The summed E-state index contributed by atoms with van der Waals surface area (Å²) >= 11 is 1.41. The number of ketones is 1. The number of fused-ring (bicyclic) bond motifs is 1. The van der Waals surface area contributed by atoms with Crippen molar-refractivity contribution in [2.24, 2.45) is 0 Å². The van der Waals surface area contributed by atoms with Crippen LogP contribution in [0, 0.1) is 0 Å². The molecule has 0 amide bonds. The Labute approximate surface area is 184 Å². The number of Topliss-reactive ketones (excluding diaryl/α,β-unsaturated/α-hetero) is 1. The molecule has 0 aliphatic carbocycles. The van der Waals surface area contributed by atoms with Crippen LogP contribution in [0.15, 0.2) is 108 Å². The van der Waals surface area contributed by atoms with E-state index in [1.165, 1.54) is 11.8 Å². The van der Waals surface area contributed by atoms with Crippen molar-refractivity contribution in [1.82, 2.24) is 14.8 Å². The fraction of sp³-hybridized carbons (Fsp3) is 0.0385. The molecule has 5 rings (SSSR count). The van der Waals surface area contributed by atoms with E-state index in [0.717, 1.165) is 27.8 Å². The summed E-state index contributed by atoms with van der Waals surface area (Å²) in [6.07, 6.45) is 0. The van der Waals surface area contributed by atoms with Crippen LogP contribution in [0.4, 0.5) is 0 Å². The summed E-state index contributed by atoms with van der Waals surface area (Å²) in [6, 6.07) is 33.8. The van der Waals surface area contributed by atoms with Gasteiger partial charge in [-0.1, -0.05) is 96.7 Å². The van der Waals surface area contributed by atoms with E-state index >= 15 is 0 Å². The number of carbonyl (C=O) groups excluding carboxylic acids is 1. The lowest BCUT2D eigenvalue weighted by Crippen LogP contribution is -2.05. The first kappa shape index (κ1) is 19.3. The number of benzene rings is 4. The minimum Gasteiger partial charge on any atom is -0.293 e. The Morgan fingerprint density at radius 3 is 2.19 bits per heavy atom. The number of aromatic nitrogens is 3. The van der Waals surface area contributed by atoms with Crippen LogP contribution >= 0.6 is 11.8 Å². The van der Waals surface area contributed by atoms with Crippen molar-refractivity contribution in [2.75, 3.05) is 5.75 Å². The van der Waals surface area contributed by atoms with Gasteiger partial charge in [0.2, 0.25) is 0 Å². The van der Waals surface area contributed by atoms with Crippen LogP contribution < -0.4 is 0 Å². The molecule has 0 saturated heterocycles. The van der Waals surface area contributed by atoms with E-state index in [-0.39, 0.29) is 11.5 Å². The van der Waals surface area contributed by atoms with Gasteiger partial charge < -0.3 is 0 Å². The molecule has 0 N–H and O–H groups in total. The zero-order chi connectivity index (χ0) is 21.0. The maximum absolute atomic E-state index is 12.9. The summed E-state index contributed by atoms with van der Waals surface area (Å²) in [4.78, 5) is 12.9. The van der Waals surface area contributed by atoms with Crippen LogP contribution in [0.3, 0.4) is 0 Å². The van der Waals surface area contributed by atoms with Crippen LogP contribution in [-0.2, 0) is 0 Å². The summed E-state index contributed by atoms with van der Waals surface area (Å²) in [5.41, 5.74) is 2.65. The number of hydrogen-bond donors (Lipinski definition) is 0. The standard InChI is InChI=1S/C26H19N3OS/c30-24(22-16-15-19-9-7-8-12-21(19)17-22)18-31-26-28-27-25(20-10-3-1-4-11-20)29(26)23-13-5-2-6-14-23/h1-17H,18H2. The molecular weight excluding hydrogens is 402 g/mol. The van der Waals surface area contributed by atoms with Crippen molar-refractivity contribution < 1.29 is 4.79 Å². The van der Waals surface area contributed by atoms with Crippen molar-refractivity contribution >= 4 is 28.3 Å². The fourth-order valence-corrected chi connectivity index (χ4v) is 4.37. The molecule has 0 fully saturated rings. The number of thioether (sulfide) groups is 1. The molecule has 5 heteroatoms. The maximum atomic E-state index is 12.9. The number of rotatable bonds is 6. The van der Waals surface area contributed by atoms with Gasteiger partial charge in [-0.3, -0.25) is 9.36 Å². The minimum atomic E-state index is 0.0691. The highest BCUT2D eigenvalue weighted by molar-refractivity contribution is 7.99. The van der Waals surface area contributed by atoms with Gasteiger partial charge in [0, 0.05) is 16.8 Å². The third-order valence-electron chi connectivity index (χ3n) is 5.08. The first-order chi connectivity index (χ1) is 15.3. The van der Waals surface area contributed by atoms with Crippen LogP contribution in [-0.4, -0.2) is 26.3 Å². The second-order valence-corrected chi connectivity index (χ2v) is 8.06. The number of hydrogen-bond acceptors (Lipinski definition) is 4. The van der Waals surface area contributed by atoms with Crippen LogP contribution in [0.2, 0.25) is 0 Å². The Kier molecular flexibility index (Phi) is 5.33. The van der Waals surface area contributed by atoms with Crippen LogP contribution in [0.5, 0.6) is 0 Å². The van der Waals surface area contributed by atoms with Crippen LogP contribution in [0.1, 0.15) is 10.4 Å². The zero-order valence-electron chi connectivity index (χ0n) is 16.7. The SMILES string of the molecule is O=C(CSc1nnc(-c2ccccc2)n1-c1ccccc1)c1ccc2ccccc2c1. The Hall–Kier alpha value is -3.70. The summed E-state index contributed by atoms with van der Waals surface area (Å²) < 4.78 is 2.01. The summed E-state index contributed by atoms with van der Waals surface area (Å²) in [6.45, 7) is 0. The molecule has 31 heavy (non-hydrogen) atoms. The smallest absolute Gasteiger partial charge is 0.196 e. The quantitative estimate of drug-likeness (QED) is 0.247. The highest BCUT2D eigenvalue weighted by Gasteiger charge is 2.17. The molecule has 0 spiro atoms. The van der Waals surface area contributed by atoms with Gasteiger partial charge in [0.15, 0.2) is 16.8 Å². The molecule has 0 aliphatic heterocycles. The van der Waals surface area contributed by atoms with Crippen molar-refractivity contribution in [2.45, 2.75) is 5.16 Å². The topological polar surface area (TPSA) is 47.8 Å². The third kappa shape index (κ3) is 4.00. The lowest BCUT2D eigenvalue weighted by Gasteiger charge is -2.10. The predicted octanol–water partition coefficient (Wildman–Crippen LogP) is 6.06. The van der Waals surface area contributed by atoms with Gasteiger partial charge in [0.1, 0.15) is 0 Å². The van der Waals surface area contributed by atoms with E-state index in [1.807, 2.05) is 108 Å². The molecule has 0 bridgehead atoms.